The quantitative estimate of drug-likeness (QED) is 0.698. The zero-order valence-electron chi connectivity index (χ0n) is 16.4. The molecular formula is C22H23N3O4. The summed E-state index contributed by atoms with van der Waals surface area (Å²) >= 11 is 0. The maximum absolute atomic E-state index is 13.0. The lowest BCUT2D eigenvalue weighted by molar-refractivity contribution is 0.0770. The average Bonchev–Trinajstić information content (AvgIpc) is 3.19. The molecule has 2 amide bonds. The number of aromatic amines is 1. The van der Waals surface area contributed by atoms with Gasteiger partial charge in [-0.1, -0.05) is 11.6 Å². The Hall–Kier alpha value is -3.06. The number of hydrogen-bond acceptors (Lipinski definition) is 4. The molecule has 1 saturated carbocycles. The zero-order chi connectivity index (χ0) is 20.1. The number of piperidine rings is 1. The second-order valence-corrected chi connectivity index (χ2v) is 7.99. The van der Waals surface area contributed by atoms with Gasteiger partial charge in [0.15, 0.2) is 5.76 Å². The smallest absolute Gasteiger partial charge is 0.287 e. The molecule has 2 fully saturated rings. The second-order valence-electron chi connectivity index (χ2n) is 7.99. The molecule has 1 aliphatic heterocycles. The number of nitrogens with zero attached hydrogens (tertiary/aromatic N) is 1. The number of rotatable bonds is 5. The lowest BCUT2D eigenvalue weighted by atomic mass is 10.1. The third kappa shape index (κ3) is 3.11. The Bertz CT molecular complexity index is 1090. The van der Waals surface area contributed by atoms with Gasteiger partial charge in [0.1, 0.15) is 12.4 Å². The molecule has 5 rings (SSSR count). The van der Waals surface area contributed by atoms with E-state index in [2.05, 4.69) is 10.3 Å². The molecule has 1 aromatic carbocycles. The first-order valence-corrected chi connectivity index (χ1v) is 9.80. The summed E-state index contributed by atoms with van der Waals surface area (Å²) in [6.45, 7) is 3.70. The minimum Gasteiger partial charge on any atom is -0.453 e. The maximum Gasteiger partial charge on any atom is 0.287 e. The van der Waals surface area contributed by atoms with Gasteiger partial charge >= 0.3 is 0 Å². The van der Waals surface area contributed by atoms with E-state index in [1.807, 2.05) is 30.0 Å². The Kier molecular flexibility index (Phi) is 4.20. The van der Waals surface area contributed by atoms with Crippen molar-refractivity contribution in [1.29, 1.82) is 0 Å². The highest BCUT2D eigenvalue weighted by Crippen LogP contribution is 2.46. The number of fused-ring (bicyclic) bond motifs is 2. The molecule has 7 nitrogen and oxygen atoms in total. The van der Waals surface area contributed by atoms with Crippen LogP contribution in [0, 0.1) is 18.8 Å². The molecule has 7 heteroatoms. The van der Waals surface area contributed by atoms with Crippen LogP contribution in [0.4, 0.5) is 0 Å². The zero-order valence-corrected chi connectivity index (χ0v) is 16.4. The molecule has 150 valence electrons. The number of methoxy groups -OCH3 is 1. The number of amides is 2. The highest BCUT2D eigenvalue weighted by molar-refractivity contribution is 6.07. The normalized spacial score (nSPS) is 22.7. The summed E-state index contributed by atoms with van der Waals surface area (Å²) in [5, 5.41) is 4.00. The summed E-state index contributed by atoms with van der Waals surface area (Å²) in [5.41, 5.74) is 2.82. The molecule has 3 atom stereocenters. The number of ether oxygens (including phenoxy) is 1. The molecule has 0 radical (unpaired) electrons. The van der Waals surface area contributed by atoms with Crippen LogP contribution in [0.15, 0.2) is 40.9 Å². The van der Waals surface area contributed by atoms with Gasteiger partial charge in [-0.25, -0.2) is 0 Å². The van der Waals surface area contributed by atoms with Gasteiger partial charge in [0.2, 0.25) is 0 Å². The highest BCUT2D eigenvalue weighted by atomic mass is 16.5. The van der Waals surface area contributed by atoms with E-state index >= 15 is 0 Å². The Balaban J connectivity index is 1.21. The lowest BCUT2D eigenvalue weighted by Gasteiger charge is -2.20. The third-order valence-corrected chi connectivity index (χ3v) is 6.02. The number of likely N-dealkylation sites (tertiary alicyclic amines) is 1. The van der Waals surface area contributed by atoms with Gasteiger partial charge in [-0.15, -0.1) is 0 Å². The van der Waals surface area contributed by atoms with Crippen LogP contribution in [0.5, 0.6) is 0 Å². The minimum absolute atomic E-state index is 0.0503. The molecule has 0 spiro atoms. The summed E-state index contributed by atoms with van der Waals surface area (Å²) in [7, 11) is 1.58. The van der Waals surface area contributed by atoms with E-state index in [0.29, 0.717) is 48.6 Å². The van der Waals surface area contributed by atoms with Crippen molar-refractivity contribution in [2.75, 3.05) is 20.2 Å². The highest BCUT2D eigenvalue weighted by Gasteiger charge is 2.57. The molecule has 1 saturated heterocycles. The minimum atomic E-state index is -0.211. The maximum atomic E-state index is 13.0. The van der Waals surface area contributed by atoms with E-state index in [9.17, 15) is 9.59 Å². The molecule has 2 aliphatic rings. The molecule has 1 unspecified atom stereocenters. The fourth-order valence-electron chi connectivity index (χ4n) is 4.43. The van der Waals surface area contributed by atoms with E-state index in [4.69, 9.17) is 9.15 Å². The molecule has 0 bridgehead atoms. The first-order chi connectivity index (χ1) is 14.0. The van der Waals surface area contributed by atoms with Crippen LogP contribution in [0.1, 0.15) is 32.2 Å². The van der Waals surface area contributed by atoms with Gasteiger partial charge < -0.3 is 24.4 Å². The monoisotopic (exact) mass is 393 g/mol. The molecule has 2 aromatic heterocycles. The number of furan rings is 1. The van der Waals surface area contributed by atoms with Crippen LogP contribution in [0.25, 0.3) is 10.9 Å². The number of hydrogen-bond donors (Lipinski definition) is 2. The van der Waals surface area contributed by atoms with Gasteiger partial charge in [0, 0.05) is 55.2 Å². The number of carbonyl (C=O) groups excluding carboxylic acids is 2. The number of nitrogens with one attached hydrogen (secondary N) is 2. The summed E-state index contributed by atoms with van der Waals surface area (Å²) in [5.74, 6) is 1.38. The summed E-state index contributed by atoms with van der Waals surface area (Å²) in [6.07, 6.45) is 1.80. The van der Waals surface area contributed by atoms with E-state index in [0.717, 1.165) is 16.5 Å². The fourth-order valence-corrected chi connectivity index (χ4v) is 4.43. The van der Waals surface area contributed by atoms with Gasteiger partial charge in [-0.05, 0) is 31.2 Å². The Morgan fingerprint density at radius 1 is 1.24 bits per heavy atom. The van der Waals surface area contributed by atoms with Gasteiger partial charge in [-0.3, -0.25) is 9.59 Å². The van der Waals surface area contributed by atoms with E-state index < -0.39 is 0 Å². The summed E-state index contributed by atoms with van der Waals surface area (Å²) < 4.78 is 10.5. The van der Waals surface area contributed by atoms with E-state index in [1.54, 1.807) is 25.4 Å². The van der Waals surface area contributed by atoms with Gasteiger partial charge in [0.05, 0.1) is 5.56 Å². The average molecular weight is 393 g/mol. The number of benzene rings is 1. The van der Waals surface area contributed by atoms with Crippen LogP contribution in [-0.2, 0) is 11.3 Å². The Morgan fingerprint density at radius 2 is 2.03 bits per heavy atom. The van der Waals surface area contributed by atoms with Crippen molar-refractivity contribution in [3.05, 3.63) is 59.2 Å². The van der Waals surface area contributed by atoms with Crippen LogP contribution in [-0.4, -0.2) is 47.9 Å². The fraction of sp³-hybridized carbons (Fsp3) is 0.364. The van der Waals surface area contributed by atoms with E-state index in [-0.39, 0.29) is 17.9 Å². The predicted octanol–water partition coefficient (Wildman–Crippen LogP) is 2.72. The summed E-state index contributed by atoms with van der Waals surface area (Å²) in [4.78, 5) is 30.5. The molecular weight excluding hydrogens is 370 g/mol. The predicted molar refractivity (Wildman–Crippen MR) is 107 cm³/mol. The third-order valence-electron chi connectivity index (χ3n) is 6.02. The molecule has 3 heterocycles. The van der Waals surface area contributed by atoms with Crippen LogP contribution < -0.4 is 5.32 Å². The first kappa shape index (κ1) is 18.0. The second kappa shape index (κ2) is 6.77. The Morgan fingerprint density at radius 3 is 2.79 bits per heavy atom. The molecule has 3 aromatic rings. The molecule has 2 N–H and O–H groups in total. The number of aryl methyl sites for hydroxylation is 1. The standard InChI is InChI=1S/C22H23N3O4/c1-12-3-5-18-14(7-12)15(8-23-18)22(27)25-9-16-17(10-25)20(16)24-21(26)19-6-4-13(29-19)11-28-2/h3-8,16-17,20,23H,9-11H2,1-2H3,(H,24,26)/t16-,17+,20?. The van der Waals surface area contributed by atoms with Gasteiger partial charge in [-0.2, -0.15) is 0 Å². The van der Waals surface area contributed by atoms with Crippen molar-refractivity contribution < 1.29 is 18.7 Å². The van der Waals surface area contributed by atoms with Gasteiger partial charge in [0.25, 0.3) is 11.8 Å². The SMILES string of the molecule is COCc1ccc(C(=O)NC2[C@H]3CN(C(=O)c4c[nH]c5ccc(C)cc45)C[C@@H]23)o1. The van der Waals surface area contributed by atoms with Crippen LogP contribution in [0.3, 0.4) is 0 Å². The van der Waals surface area contributed by atoms with Crippen molar-refractivity contribution in [2.45, 2.75) is 19.6 Å². The van der Waals surface area contributed by atoms with Crippen molar-refractivity contribution in [3.63, 3.8) is 0 Å². The van der Waals surface area contributed by atoms with Crippen molar-refractivity contribution >= 4 is 22.7 Å². The van der Waals surface area contributed by atoms with Crippen molar-refractivity contribution in [2.24, 2.45) is 11.8 Å². The number of aromatic nitrogens is 1. The molecule has 1 aliphatic carbocycles. The lowest BCUT2D eigenvalue weighted by Crippen LogP contribution is -2.37. The van der Waals surface area contributed by atoms with Crippen molar-refractivity contribution in [1.82, 2.24) is 15.2 Å². The number of carbonyl (C=O) groups is 2. The Labute approximate surface area is 168 Å². The van der Waals surface area contributed by atoms with Crippen molar-refractivity contribution in [3.8, 4) is 0 Å². The topological polar surface area (TPSA) is 87.6 Å². The largest absolute Gasteiger partial charge is 0.453 e. The van der Waals surface area contributed by atoms with Crippen LogP contribution >= 0.6 is 0 Å². The number of H-pyrrole nitrogens is 1. The summed E-state index contributed by atoms with van der Waals surface area (Å²) in [6, 6.07) is 9.59. The molecule has 29 heavy (non-hydrogen) atoms. The van der Waals surface area contributed by atoms with Crippen LogP contribution in [0.2, 0.25) is 0 Å². The first-order valence-electron chi connectivity index (χ1n) is 9.80. The van der Waals surface area contributed by atoms with E-state index in [1.165, 1.54) is 0 Å².